The van der Waals surface area contributed by atoms with Gasteiger partial charge < -0.3 is 16.5 Å². The lowest BCUT2D eigenvalue weighted by molar-refractivity contribution is 0.491. The molecule has 1 aliphatic rings. The fourth-order valence-corrected chi connectivity index (χ4v) is 2.77. The topological polar surface area (TPSA) is 119 Å². The molecule has 26 heavy (non-hydrogen) atoms. The van der Waals surface area contributed by atoms with E-state index in [0.29, 0.717) is 11.6 Å². The molecule has 2 aromatic rings. The zero-order chi connectivity index (χ0) is 18.5. The summed E-state index contributed by atoms with van der Waals surface area (Å²) in [5.74, 6) is 4.71. The van der Waals surface area contributed by atoms with E-state index in [4.69, 9.17) is 11.6 Å². The van der Waals surface area contributed by atoms with Crippen LogP contribution in [0.2, 0.25) is 0 Å². The van der Waals surface area contributed by atoms with Crippen molar-refractivity contribution in [3.8, 4) is 11.1 Å². The van der Waals surface area contributed by atoms with E-state index in [-0.39, 0.29) is 18.0 Å². The van der Waals surface area contributed by atoms with E-state index in [1.807, 2.05) is 10.9 Å². The number of nitrogens with zero attached hydrogens (tertiary/aromatic N) is 4. The summed E-state index contributed by atoms with van der Waals surface area (Å²) in [6.45, 7) is 1.36. The SMILES string of the molecule is NNC(=NC/C(F)=C/F)c1cc(-c2cnn(C3CCNC3)c2)cnc1N. The third-order valence-corrected chi connectivity index (χ3v) is 4.16. The lowest BCUT2D eigenvalue weighted by Gasteiger charge is -2.10. The van der Waals surface area contributed by atoms with Crippen LogP contribution < -0.4 is 22.3 Å². The number of halogens is 2. The minimum atomic E-state index is -1.02. The molecule has 10 heteroatoms. The van der Waals surface area contributed by atoms with Crippen LogP contribution in [-0.4, -0.2) is 40.2 Å². The highest BCUT2D eigenvalue weighted by Crippen LogP contribution is 2.24. The Kier molecular flexibility index (Phi) is 5.54. The quantitative estimate of drug-likeness (QED) is 0.273. The number of amidine groups is 1. The summed E-state index contributed by atoms with van der Waals surface area (Å²) in [5.41, 5.74) is 10.3. The maximum Gasteiger partial charge on any atom is 0.149 e. The van der Waals surface area contributed by atoms with E-state index < -0.39 is 12.4 Å². The van der Waals surface area contributed by atoms with Gasteiger partial charge in [-0.25, -0.2) is 19.6 Å². The van der Waals surface area contributed by atoms with Crippen molar-refractivity contribution in [3.05, 3.63) is 42.4 Å². The van der Waals surface area contributed by atoms with Gasteiger partial charge in [0.2, 0.25) is 0 Å². The van der Waals surface area contributed by atoms with Crippen LogP contribution in [0.25, 0.3) is 11.1 Å². The zero-order valence-electron chi connectivity index (χ0n) is 14.0. The molecule has 2 aromatic heterocycles. The first-order chi connectivity index (χ1) is 12.6. The van der Waals surface area contributed by atoms with Crippen LogP contribution in [0.1, 0.15) is 18.0 Å². The molecule has 3 rings (SSSR count). The molecule has 3 heterocycles. The van der Waals surface area contributed by atoms with Crippen molar-refractivity contribution in [2.75, 3.05) is 25.4 Å². The van der Waals surface area contributed by atoms with E-state index in [1.54, 1.807) is 18.5 Å². The van der Waals surface area contributed by atoms with Gasteiger partial charge in [0, 0.05) is 30.1 Å². The number of aliphatic imine (C=N–C) groups is 1. The van der Waals surface area contributed by atoms with E-state index in [2.05, 4.69) is 25.8 Å². The fraction of sp³-hybridized carbons (Fsp3) is 0.312. The Hall–Kier alpha value is -2.85. The number of hydrazine groups is 1. The number of nitrogens with two attached hydrogens (primary N) is 2. The molecule has 8 nitrogen and oxygen atoms in total. The van der Waals surface area contributed by atoms with Gasteiger partial charge in [-0.05, 0) is 19.0 Å². The summed E-state index contributed by atoms with van der Waals surface area (Å²) >= 11 is 0. The minimum Gasteiger partial charge on any atom is -0.383 e. The summed E-state index contributed by atoms with van der Waals surface area (Å²) in [4.78, 5) is 8.04. The molecule has 0 aromatic carbocycles. The average molecular weight is 362 g/mol. The van der Waals surface area contributed by atoms with Crippen molar-refractivity contribution >= 4 is 11.7 Å². The summed E-state index contributed by atoms with van der Waals surface area (Å²) in [6, 6.07) is 2.05. The van der Waals surface area contributed by atoms with Crippen LogP contribution in [0.4, 0.5) is 14.6 Å². The van der Waals surface area contributed by atoms with Gasteiger partial charge in [-0.15, -0.1) is 0 Å². The first kappa shape index (κ1) is 18.0. The summed E-state index contributed by atoms with van der Waals surface area (Å²) in [5, 5.41) is 7.71. The normalized spacial score (nSPS) is 18.3. The largest absolute Gasteiger partial charge is 0.383 e. The highest BCUT2D eigenvalue weighted by molar-refractivity contribution is 6.03. The molecule has 1 fully saturated rings. The Morgan fingerprint density at radius 3 is 3.00 bits per heavy atom. The van der Waals surface area contributed by atoms with Gasteiger partial charge >= 0.3 is 0 Å². The fourth-order valence-electron chi connectivity index (χ4n) is 2.77. The molecule has 6 N–H and O–H groups in total. The van der Waals surface area contributed by atoms with Crippen molar-refractivity contribution < 1.29 is 8.78 Å². The predicted molar refractivity (Wildman–Crippen MR) is 95.4 cm³/mol. The molecule has 0 radical (unpaired) electrons. The first-order valence-corrected chi connectivity index (χ1v) is 8.09. The van der Waals surface area contributed by atoms with E-state index in [0.717, 1.165) is 30.6 Å². The van der Waals surface area contributed by atoms with E-state index in [1.165, 1.54) is 0 Å². The third kappa shape index (κ3) is 3.86. The van der Waals surface area contributed by atoms with Crippen LogP contribution in [0, 0.1) is 0 Å². The number of nitrogens with one attached hydrogen (secondary N) is 2. The third-order valence-electron chi connectivity index (χ3n) is 4.16. The van der Waals surface area contributed by atoms with Crippen molar-refractivity contribution in [2.24, 2.45) is 10.8 Å². The van der Waals surface area contributed by atoms with Gasteiger partial charge in [0.05, 0.1) is 24.3 Å². The minimum absolute atomic E-state index is 0.112. The van der Waals surface area contributed by atoms with Crippen molar-refractivity contribution in [3.63, 3.8) is 0 Å². The number of nitrogen functional groups attached to an aromatic ring is 1. The number of aromatic nitrogens is 3. The van der Waals surface area contributed by atoms with Crippen molar-refractivity contribution in [1.82, 2.24) is 25.5 Å². The van der Waals surface area contributed by atoms with Gasteiger partial charge in [-0.1, -0.05) is 0 Å². The van der Waals surface area contributed by atoms with Crippen LogP contribution in [0.5, 0.6) is 0 Å². The second kappa shape index (κ2) is 8.02. The number of rotatable bonds is 5. The Morgan fingerprint density at radius 2 is 2.31 bits per heavy atom. The zero-order valence-corrected chi connectivity index (χ0v) is 14.0. The van der Waals surface area contributed by atoms with E-state index >= 15 is 0 Å². The Balaban J connectivity index is 1.89. The summed E-state index contributed by atoms with van der Waals surface area (Å²) in [7, 11) is 0. The van der Waals surface area contributed by atoms with Gasteiger partial charge in [0.15, 0.2) is 0 Å². The van der Waals surface area contributed by atoms with Crippen molar-refractivity contribution in [1.29, 1.82) is 0 Å². The average Bonchev–Trinajstić information content (AvgIpc) is 3.34. The van der Waals surface area contributed by atoms with Crippen LogP contribution in [-0.2, 0) is 0 Å². The van der Waals surface area contributed by atoms with Crippen molar-refractivity contribution in [2.45, 2.75) is 12.5 Å². The monoisotopic (exact) mass is 362 g/mol. The highest BCUT2D eigenvalue weighted by atomic mass is 19.2. The highest BCUT2D eigenvalue weighted by Gasteiger charge is 2.18. The standard InChI is InChI=1S/C16H20F2N8/c17-4-12(18)7-23-16(25-20)14-3-10(5-22-15(14)19)11-6-24-26(9-11)13-1-2-21-8-13/h3-6,9,13,21H,1-2,7-8,20H2,(H2,19,22)(H,23,25)/b12-4-. The van der Waals surface area contributed by atoms with Gasteiger partial charge in [0.25, 0.3) is 0 Å². The number of anilines is 1. The Labute approximate surface area is 149 Å². The van der Waals surface area contributed by atoms with Crippen LogP contribution in [0.15, 0.2) is 41.8 Å². The molecule has 1 saturated heterocycles. The lowest BCUT2D eigenvalue weighted by Crippen LogP contribution is -2.32. The summed E-state index contributed by atoms with van der Waals surface area (Å²) < 4.78 is 27.0. The number of hydrogen-bond acceptors (Lipinski definition) is 6. The molecule has 0 bridgehead atoms. The van der Waals surface area contributed by atoms with Crippen LogP contribution in [0.3, 0.4) is 0 Å². The van der Waals surface area contributed by atoms with Gasteiger partial charge in [-0.2, -0.15) is 5.10 Å². The molecular weight excluding hydrogens is 342 g/mol. The first-order valence-electron chi connectivity index (χ1n) is 8.09. The molecule has 0 spiro atoms. The molecule has 1 unspecified atom stereocenters. The maximum absolute atomic E-state index is 13.0. The number of pyridine rings is 1. The molecule has 1 aliphatic heterocycles. The molecule has 0 saturated carbocycles. The van der Waals surface area contributed by atoms with E-state index in [9.17, 15) is 8.78 Å². The Bertz CT molecular complexity index is 823. The number of hydrogen-bond donors (Lipinski definition) is 4. The molecule has 0 amide bonds. The lowest BCUT2D eigenvalue weighted by atomic mass is 10.1. The second-order valence-electron chi connectivity index (χ2n) is 5.88. The molecule has 0 aliphatic carbocycles. The predicted octanol–water partition coefficient (Wildman–Crippen LogP) is 1.05. The Morgan fingerprint density at radius 1 is 1.46 bits per heavy atom. The molecule has 1 atom stereocenters. The van der Waals surface area contributed by atoms with Gasteiger partial charge in [0.1, 0.15) is 23.8 Å². The molecular formula is C16H20F2N8. The molecule has 138 valence electrons. The summed E-state index contributed by atoms with van der Waals surface area (Å²) in [6.07, 6.45) is 6.17. The maximum atomic E-state index is 13.0. The van der Waals surface area contributed by atoms with Crippen LogP contribution >= 0.6 is 0 Å². The smallest absolute Gasteiger partial charge is 0.149 e. The second-order valence-corrected chi connectivity index (χ2v) is 5.88. The van der Waals surface area contributed by atoms with Gasteiger partial charge in [-0.3, -0.25) is 9.67 Å².